The number of carbonyl (C=O) groups excluding carboxylic acids is 1. The van der Waals surface area contributed by atoms with Gasteiger partial charge in [0, 0.05) is 6.42 Å². The van der Waals surface area contributed by atoms with Crippen molar-refractivity contribution in [2.45, 2.75) is 386 Å². The van der Waals surface area contributed by atoms with Crippen molar-refractivity contribution in [3.8, 4) is 0 Å². The van der Waals surface area contributed by atoms with Crippen molar-refractivity contribution in [2.24, 2.45) is 0 Å². The first-order chi connectivity index (χ1) is 39.0. The van der Waals surface area contributed by atoms with Crippen molar-refractivity contribution in [2.75, 3.05) is 40.9 Å². The van der Waals surface area contributed by atoms with Crippen LogP contribution in [0, 0.1) is 0 Å². The Morgan fingerprint density at radius 1 is 0.425 bits per heavy atom. The van der Waals surface area contributed by atoms with Crippen LogP contribution < -0.4 is 10.2 Å². The van der Waals surface area contributed by atoms with E-state index in [4.69, 9.17) is 9.05 Å². The van der Waals surface area contributed by atoms with Crippen LogP contribution in [0.1, 0.15) is 373 Å². The second-order valence-electron chi connectivity index (χ2n) is 25.9. The van der Waals surface area contributed by atoms with Gasteiger partial charge in [-0.25, -0.2) is 0 Å². The van der Waals surface area contributed by atoms with Crippen LogP contribution in [-0.2, 0) is 18.4 Å². The molecule has 0 aliphatic rings. The largest absolute Gasteiger partial charge is 0.756 e. The van der Waals surface area contributed by atoms with E-state index in [1.165, 1.54) is 315 Å². The van der Waals surface area contributed by atoms with E-state index >= 15 is 0 Å². The second-order valence-corrected chi connectivity index (χ2v) is 27.4. The summed E-state index contributed by atoms with van der Waals surface area (Å²) in [6.07, 6.45) is 81.7. The molecule has 0 heterocycles. The molecule has 1 amide bonds. The summed E-state index contributed by atoms with van der Waals surface area (Å²) >= 11 is 0. The normalized spacial score (nSPS) is 13.7. The Morgan fingerprint density at radius 3 is 1.01 bits per heavy atom. The van der Waals surface area contributed by atoms with E-state index in [2.05, 4.69) is 31.3 Å². The van der Waals surface area contributed by atoms with E-state index in [1.807, 2.05) is 27.2 Å². The summed E-state index contributed by atoms with van der Waals surface area (Å²) in [5.74, 6) is -0.198. The monoisotopic (exact) mass is 1150 g/mol. The Labute approximate surface area is 500 Å². The molecule has 0 aromatic heterocycles. The predicted molar refractivity (Wildman–Crippen MR) is 349 cm³/mol. The van der Waals surface area contributed by atoms with Crippen molar-refractivity contribution < 1.29 is 32.9 Å². The molecular formula is C71H141N2O6P. The number of rotatable bonds is 67. The van der Waals surface area contributed by atoms with Gasteiger partial charge in [-0.05, 0) is 32.1 Å². The average molecular weight is 1150 g/mol. The quantitative estimate of drug-likeness (QED) is 0.0272. The van der Waals surface area contributed by atoms with Crippen molar-refractivity contribution in [1.29, 1.82) is 0 Å². The second kappa shape index (κ2) is 62.5. The van der Waals surface area contributed by atoms with Gasteiger partial charge in [-0.3, -0.25) is 9.36 Å². The number of allylic oxidation sites excluding steroid dienone is 3. The zero-order chi connectivity index (χ0) is 58.4. The van der Waals surface area contributed by atoms with Gasteiger partial charge in [0.05, 0.1) is 39.9 Å². The fraction of sp³-hybridized carbons (Fsp3) is 0.930. The number of aliphatic hydroxyl groups is 1. The number of likely N-dealkylation sites (N-methyl/N-ethyl adjacent to an activating group) is 1. The number of aliphatic hydroxyl groups excluding tert-OH is 1. The lowest BCUT2D eigenvalue weighted by Gasteiger charge is -2.29. The smallest absolute Gasteiger partial charge is 0.268 e. The number of amides is 1. The number of unbranched alkanes of at least 4 members (excludes halogenated alkanes) is 52. The molecule has 0 aromatic carbocycles. The minimum atomic E-state index is -4.61. The average Bonchev–Trinajstić information content (AvgIpc) is 3.42. The first kappa shape index (κ1) is 79.0. The number of hydrogen-bond acceptors (Lipinski definition) is 6. The molecule has 0 rings (SSSR count). The lowest BCUT2D eigenvalue weighted by atomic mass is 10.0. The van der Waals surface area contributed by atoms with E-state index in [0.29, 0.717) is 17.4 Å². The summed E-state index contributed by atoms with van der Waals surface area (Å²) in [5.41, 5.74) is 0. The summed E-state index contributed by atoms with van der Waals surface area (Å²) in [4.78, 5) is 25.6. The summed E-state index contributed by atoms with van der Waals surface area (Å²) in [6, 6.07) is -0.902. The van der Waals surface area contributed by atoms with Gasteiger partial charge in [-0.15, -0.1) is 0 Å². The molecule has 0 fully saturated rings. The fourth-order valence-electron chi connectivity index (χ4n) is 11.1. The molecule has 0 aliphatic heterocycles. The Morgan fingerprint density at radius 2 is 0.700 bits per heavy atom. The Bertz CT molecular complexity index is 1350. The molecule has 0 radical (unpaired) electrons. The third kappa shape index (κ3) is 64.5. The van der Waals surface area contributed by atoms with Crippen molar-refractivity contribution in [3.05, 3.63) is 24.3 Å². The van der Waals surface area contributed by atoms with Gasteiger partial charge < -0.3 is 28.8 Å². The molecular weight excluding hydrogens is 1010 g/mol. The highest BCUT2D eigenvalue weighted by atomic mass is 31.2. The van der Waals surface area contributed by atoms with E-state index in [9.17, 15) is 19.4 Å². The first-order valence-corrected chi connectivity index (χ1v) is 37.2. The maximum atomic E-state index is 13.0. The van der Waals surface area contributed by atoms with Crippen LogP contribution in [0.15, 0.2) is 24.3 Å². The minimum absolute atomic E-state index is 0.00338. The molecule has 80 heavy (non-hydrogen) atoms. The molecule has 9 heteroatoms. The highest BCUT2D eigenvalue weighted by molar-refractivity contribution is 7.45. The highest BCUT2D eigenvalue weighted by Gasteiger charge is 2.23. The summed E-state index contributed by atoms with van der Waals surface area (Å²) < 4.78 is 23.5. The molecule has 0 saturated heterocycles. The number of phosphoric ester groups is 1. The summed E-state index contributed by atoms with van der Waals surface area (Å²) in [7, 11) is 1.26. The van der Waals surface area contributed by atoms with Gasteiger partial charge in [0.2, 0.25) is 5.91 Å². The maximum Gasteiger partial charge on any atom is 0.268 e. The zero-order valence-corrected chi connectivity index (χ0v) is 55.5. The van der Waals surface area contributed by atoms with Crippen LogP contribution in [-0.4, -0.2) is 68.5 Å². The lowest BCUT2D eigenvalue weighted by molar-refractivity contribution is -0.870. The summed E-state index contributed by atoms with van der Waals surface area (Å²) in [6.45, 7) is 4.70. The van der Waals surface area contributed by atoms with Crippen LogP contribution in [0.2, 0.25) is 0 Å². The predicted octanol–water partition coefficient (Wildman–Crippen LogP) is 22.0. The highest BCUT2D eigenvalue weighted by Crippen LogP contribution is 2.38. The molecule has 0 saturated carbocycles. The van der Waals surface area contributed by atoms with Gasteiger partial charge in [0.25, 0.3) is 7.82 Å². The first-order valence-electron chi connectivity index (χ1n) is 35.7. The third-order valence-electron chi connectivity index (χ3n) is 16.7. The summed E-state index contributed by atoms with van der Waals surface area (Å²) in [5, 5.41) is 14.0. The molecule has 476 valence electrons. The van der Waals surface area contributed by atoms with Crippen LogP contribution in [0.25, 0.3) is 0 Å². The van der Waals surface area contributed by atoms with Crippen LogP contribution in [0.5, 0.6) is 0 Å². The van der Waals surface area contributed by atoms with Crippen molar-refractivity contribution >= 4 is 13.7 Å². The van der Waals surface area contributed by atoms with Crippen LogP contribution in [0.4, 0.5) is 0 Å². The fourth-order valence-corrected chi connectivity index (χ4v) is 11.8. The molecule has 3 atom stereocenters. The number of phosphoric acid groups is 1. The minimum Gasteiger partial charge on any atom is -0.756 e. The van der Waals surface area contributed by atoms with E-state index in [1.54, 1.807) is 6.08 Å². The van der Waals surface area contributed by atoms with Gasteiger partial charge >= 0.3 is 0 Å². The molecule has 0 bridgehead atoms. The zero-order valence-electron chi connectivity index (χ0n) is 54.6. The molecule has 2 N–H and O–H groups in total. The SMILES string of the molecule is CCCCCCCCCCCCCCCCCCCCCCCC/C=C/CC/C=C/C(O)C(COP(=O)([O-])OCC[N+](C)(C)C)NC(=O)CCCCCCCCCCCCCCCCCCCCCCCCCCCCCCCC. The number of quaternary nitrogens is 1. The number of hydrogen-bond donors (Lipinski definition) is 2. The molecule has 0 aromatic rings. The molecule has 0 aliphatic carbocycles. The van der Waals surface area contributed by atoms with Crippen molar-refractivity contribution in [1.82, 2.24) is 5.32 Å². The van der Waals surface area contributed by atoms with Gasteiger partial charge in [-0.1, -0.05) is 359 Å². The maximum absolute atomic E-state index is 13.0. The number of nitrogens with zero attached hydrogens (tertiary/aromatic N) is 1. The topological polar surface area (TPSA) is 108 Å². The molecule has 3 unspecified atom stereocenters. The van der Waals surface area contributed by atoms with Crippen LogP contribution in [0.3, 0.4) is 0 Å². The molecule has 0 spiro atoms. The standard InChI is InChI=1S/C71H141N2O6P/c1-6-8-10-12-14-16-18-20-22-24-26-28-30-32-34-36-37-39-41-43-45-47-49-51-53-55-57-59-61-63-65-71(75)72-69(68-79-80(76,77)78-67-66-73(3,4)5)70(74)64-62-60-58-56-54-52-50-48-46-44-42-40-38-35-33-31-29-27-25-23-21-19-17-15-13-11-9-7-2/h54,56,62,64,69-70,74H,6-53,55,57-61,63,65-68H2,1-5H3,(H-,72,75,76,77)/b56-54+,64-62+. The molecule has 8 nitrogen and oxygen atoms in total. The van der Waals surface area contributed by atoms with Gasteiger partial charge in [0.1, 0.15) is 13.2 Å². The van der Waals surface area contributed by atoms with E-state index < -0.39 is 20.0 Å². The Hall–Kier alpha value is -1.02. The lowest BCUT2D eigenvalue weighted by Crippen LogP contribution is -2.45. The third-order valence-corrected chi connectivity index (χ3v) is 17.6. The van der Waals surface area contributed by atoms with Crippen LogP contribution >= 0.6 is 7.82 Å². The van der Waals surface area contributed by atoms with Gasteiger partial charge in [0.15, 0.2) is 0 Å². The number of nitrogens with one attached hydrogen (secondary N) is 1. The Balaban J connectivity index is 4.05. The van der Waals surface area contributed by atoms with E-state index in [0.717, 1.165) is 38.5 Å². The van der Waals surface area contributed by atoms with E-state index in [-0.39, 0.29) is 19.1 Å². The Kier molecular flexibility index (Phi) is 61.7. The van der Waals surface area contributed by atoms with Gasteiger partial charge in [-0.2, -0.15) is 0 Å². The number of carbonyl (C=O) groups is 1. The van der Waals surface area contributed by atoms with Crippen molar-refractivity contribution in [3.63, 3.8) is 0 Å².